The van der Waals surface area contributed by atoms with Gasteiger partial charge in [-0.3, -0.25) is 18.9 Å². The van der Waals surface area contributed by atoms with E-state index in [2.05, 4.69) is 27.2 Å². The van der Waals surface area contributed by atoms with Crippen LogP contribution in [0.15, 0.2) is 84.0 Å². The molecule has 0 spiro atoms. The van der Waals surface area contributed by atoms with Gasteiger partial charge < -0.3 is 4.52 Å². The van der Waals surface area contributed by atoms with Gasteiger partial charge in [-0.25, -0.2) is 9.78 Å². The van der Waals surface area contributed by atoms with Crippen LogP contribution in [0.4, 0.5) is 0 Å². The minimum absolute atomic E-state index is 0.0973. The highest BCUT2D eigenvalue weighted by Crippen LogP contribution is 2.30. The van der Waals surface area contributed by atoms with E-state index in [-0.39, 0.29) is 12.1 Å². The third-order valence-electron chi connectivity index (χ3n) is 7.11. The number of thiophene rings is 1. The molecule has 6 aromatic rings. The summed E-state index contributed by atoms with van der Waals surface area (Å²) in [6, 6.07) is 17.6. The quantitative estimate of drug-likeness (QED) is 0.220. The summed E-state index contributed by atoms with van der Waals surface area (Å²) in [5.74, 6) is 1.24. The highest BCUT2D eigenvalue weighted by Gasteiger charge is 2.18. The first-order valence-electron chi connectivity index (χ1n) is 13.7. The topological polar surface area (TPSA) is 133 Å². The van der Waals surface area contributed by atoms with E-state index in [4.69, 9.17) is 14.0 Å². The van der Waals surface area contributed by atoms with Gasteiger partial charge in [0.25, 0.3) is 11.4 Å². The van der Waals surface area contributed by atoms with E-state index in [9.17, 15) is 9.59 Å². The molecule has 0 fully saturated rings. The average molecular weight is 581 g/mol. The first-order valence-corrected chi connectivity index (χ1v) is 14.6. The molecule has 0 saturated heterocycles. The van der Waals surface area contributed by atoms with Crippen LogP contribution in [0.1, 0.15) is 48.2 Å². The Morgan fingerprint density at radius 1 is 0.929 bits per heavy atom. The Morgan fingerprint density at radius 2 is 1.74 bits per heavy atom. The van der Waals surface area contributed by atoms with Crippen LogP contribution in [-0.4, -0.2) is 29.8 Å². The van der Waals surface area contributed by atoms with Gasteiger partial charge in [-0.1, -0.05) is 72.2 Å². The maximum atomic E-state index is 13.9. The van der Waals surface area contributed by atoms with E-state index in [1.165, 1.54) is 0 Å². The number of hydrogen-bond donors (Lipinski definition) is 1. The van der Waals surface area contributed by atoms with Gasteiger partial charge in [0.2, 0.25) is 0 Å². The molecule has 0 atom stereocenters. The number of nitrogens with one attached hydrogen (secondary N) is 1. The van der Waals surface area contributed by atoms with Crippen molar-refractivity contribution in [1.82, 2.24) is 29.8 Å². The number of H-pyrrole nitrogens is 1. The summed E-state index contributed by atoms with van der Waals surface area (Å²) in [5, 5.41) is 11.8. The fraction of sp³-hybridized carbons (Fsp3) is 0.226. The van der Waals surface area contributed by atoms with Crippen molar-refractivity contribution in [2.75, 3.05) is 0 Å². The second kappa shape index (κ2) is 11.9. The molecule has 212 valence electrons. The van der Waals surface area contributed by atoms with Crippen LogP contribution in [0.5, 0.6) is 0 Å². The summed E-state index contributed by atoms with van der Waals surface area (Å²) < 4.78 is 11.8. The van der Waals surface area contributed by atoms with Crippen molar-refractivity contribution in [2.45, 2.75) is 46.1 Å². The Morgan fingerprint density at radius 3 is 2.45 bits per heavy atom. The Kier molecular flexibility index (Phi) is 7.74. The van der Waals surface area contributed by atoms with Gasteiger partial charge in [0, 0.05) is 22.9 Å². The molecule has 0 bridgehead atoms. The summed E-state index contributed by atoms with van der Waals surface area (Å²) >= 11 is 1.55. The first-order chi connectivity index (χ1) is 20.5. The second-order valence-corrected chi connectivity index (χ2v) is 10.7. The molecule has 0 aliphatic heterocycles. The predicted octanol–water partition coefficient (Wildman–Crippen LogP) is 5.66. The highest BCUT2D eigenvalue weighted by atomic mass is 32.1. The number of aromatic nitrogens is 6. The van der Waals surface area contributed by atoms with Crippen molar-refractivity contribution >= 4 is 11.3 Å². The minimum Gasteiger partial charge on any atom is -0.334 e. The van der Waals surface area contributed by atoms with Crippen molar-refractivity contribution in [3.8, 4) is 34.0 Å². The number of aromatic amines is 1. The van der Waals surface area contributed by atoms with E-state index >= 15 is 0 Å². The lowest BCUT2D eigenvalue weighted by molar-refractivity contribution is 0.388. The molecule has 0 saturated carbocycles. The second-order valence-electron chi connectivity index (χ2n) is 9.97. The molecular weight excluding hydrogens is 552 g/mol. The summed E-state index contributed by atoms with van der Waals surface area (Å²) in [6.45, 7) is 4.14. The summed E-state index contributed by atoms with van der Waals surface area (Å²) in [4.78, 5) is 37.4. The van der Waals surface area contributed by atoms with Gasteiger partial charge in [-0.15, -0.1) is 0 Å². The molecule has 0 unspecified atom stereocenters. The highest BCUT2D eigenvalue weighted by molar-refractivity contribution is 7.08. The summed E-state index contributed by atoms with van der Waals surface area (Å²) in [6.07, 6.45) is 3.12. The van der Waals surface area contributed by atoms with E-state index in [1.807, 2.05) is 72.3 Å². The fourth-order valence-corrected chi connectivity index (χ4v) is 5.56. The third-order valence-corrected chi connectivity index (χ3v) is 7.79. The standard InChI is InChI=1S/C31H28N6O4S/c1-3-4-9-26-25(30(38)37(19(2)32-26)17-27-33-29(40-35-27)22-14-15-42-18-22)16-20-10-12-21(13-11-20)23-7-5-6-8-24(23)28-34-31(39)41-36-28/h5-8,10-15,18H,3-4,9,16-17H2,1-2H3,(H,34,36,39). The molecule has 11 heteroatoms. The van der Waals surface area contributed by atoms with Crippen molar-refractivity contribution < 1.29 is 9.05 Å². The van der Waals surface area contributed by atoms with Crippen LogP contribution in [0.25, 0.3) is 34.0 Å². The molecule has 10 nitrogen and oxygen atoms in total. The Bertz CT molecular complexity index is 1930. The Hall–Kier alpha value is -4.90. The zero-order chi connectivity index (χ0) is 29.1. The van der Waals surface area contributed by atoms with Crippen molar-refractivity contribution in [1.29, 1.82) is 0 Å². The van der Waals surface area contributed by atoms with E-state index in [0.717, 1.165) is 52.8 Å². The van der Waals surface area contributed by atoms with Crippen molar-refractivity contribution in [2.24, 2.45) is 0 Å². The van der Waals surface area contributed by atoms with E-state index < -0.39 is 5.76 Å². The lowest BCUT2D eigenvalue weighted by Gasteiger charge is -2.15. The number of nitrogens with zero attached hydrogens (tertiary/aromatic N) is 5. The summed E-state index contributed by atoms with van der Waals surface area (Å²) in [5.41, 5.74) is 5.85. The van der Waals surface area contributed by atoms with E-state index in [0.29, 0.717) is 35.3 Å². The van der Waals surface area contributed by atoms with Crippen LogP contribution >= 0.6 is 11.3 Å². The number of unbranched alkanes of at least 4 members (excludes halogenated alkanes) is 1. The van der Waals surface area contributed by atoms with Gasteiger partial charge in [-0.2, -0.15) is 16.3 Å². The maximum absolute atomic E-state index is 13.9. The van der Waals surface area contributed by atoms with Crippen LogP contribution in [-0.2, 0) is 19.4 Å². The smallest absolute Gasteiger partial charge is 0.334 e. The molecule has 6 rings (SSSR count). The Labute approximate surface area is 244 Å². The lowest BCUT2D eigenvalue weighted by Crippen LogP contribution is -2.30. The fourth-order valence-electron chi connectivity index (χ4n) is 4.93. The van der Waals surface area contributed by atoms with E-state index in [1.54, 1.807) is 15.9 Å². The Balaban J connectivity index is 1.31. The zero-order valence-corrected chi connectivity index (χ0v) is 24.0. The van der Waals surface area contributed by atoms with Crippen LogP contribution in [0.3, 0.4) is 0 Å². The molecular formula is C31H28N6O4S. The van der Waals surface area contributed by atoms with Gasteiger partial charge in [0.1, 0.15) is 5.82 Å². The zero-order valence-electron chi connectivity index (χ0n) is 23.2. The molecule has 0 radical (unpaired) electrons. The van der Waals surface area contributed by atoms with Gasteiger partial charge in [-0.05, 0) is 47.9 Å². The monoisotopic (exact) mass is 580 g/mol. The van der Waals surface area contributed by atoms with Gasteiger partial charge in [0.15, 0.2) is 11.6 Å². The van der Waals surface area contributed by atoms with Gasteiger partial charge >= 0.3 is 5.76 Å². The largest absolute Gasteiger partial charge is 0.439 e. The summed E-state index contributed by atoms with van der Waals surface area (Å²) in [7, 11) is 0. The lowest BCUT2D eigenvalue weighted by atomic mass is 9.96. The predicted molar refractivity (Wildman–Crippen MR) is 159 cm³/mol. The van der Waals surface area contributed by atoms with Crippen LogP contribution in [0.2, 0.25) is 0 Å². The molecule has 4 heterocycles. The van der Waals surface area contributed by atoms with Gasteiger partial charge in [0.05, 0.1) is 17.8 Å². The molecule has 0 amide bonds. The maximum Gasteiger partial charge on any atom is 0.439 e. The molecule has 4 aromatic heterocycles. The number of benzene rings is 2. The SMILES string of the molecule is CCCCc1nc(C)n(Cc2noc(-c3ccsc3)n2)c(=O)c1Cc1ccc(-c2ccccc2-c2noc(=O)[nH]2)cc1. The molecule has 2 aromatic carbocycles. The molecule has 0 aliphatic carbocycles. The molecule has 1 N–H and O–H groups in total. The number of hydrogen-bond acceptors (Lipinski definition) is 9. The molecule has 0 aliphatic rings. The van der Waals surface area contributed by atoms with Crippen molar-refractivity contribution in [3.63, 3.8) is 0 Å². The number of rotatable bonds is 10. The van der Waals surface area contributed by atoms with Crippen molar-refractivity contribution in [3.05, 3.63) is 115 Å². The average Bonchev–Trinajstić information content (AvgIpc) is 3.79. The number of aryl methyl sites for hydroxylation is 2. The first kappa shape index (κ1) is 27.3. The van der Waals surface area contributed by atoms with Crippen LogP contribution < -0.4 is 11.3 Å². The van der Waals surface area contributed by atoms with Crippen LogP contribution in [0, 0.1) is 6.92 Å². The third kappa shape index (κ3) is 5.64. The minimum atomic E-state index is -0.603. The molecule has 42 heavy (non-hydrogen) atoms. The normalized spacial score (nSPS) is 11.3.